The molecule has 1 fully saturated rings. The van der Waals surface area contributed by atoms with Crippen LogP contribution in [-0.4, -0.2) is 52.8 Å². The van der Waals surface area contributed by atoms with E-state index in [0.29, 0.717) is 36.9 Å². The van der Waals surface area contributed by atoms with E-state index in [9.17, 15) is 9.59 Å². The number of carbonyl (C=O) groups excluding carboxylic acids is 2. The van der Waals surface area contributed by atoms with Crippen molar-refractivity contribution in [2.24, 2.45) is 0 Å². The summed E-state index contributed by atoms with van der Waals surface area (Å²) in [4.78, 5) is 31.8. The maximum absolute atomic E-state index is 12.7. The van der Waals surface area contributed by atoms with Crippen LogP contribution in [0.3, 0.4) is 0 Å². The zero-order valence-electron chi connectivity index (χ0n) is 14.8. The van der Waals surface area contributed by atoms with Gasteiger partial charge in [0.15, 0.2) is 0 Å². The fourth-order valence-corrected chi connectivity index (χ4v) is 3.03. The molecule has 0 spiro atoms. The van der Waals surface area contributed by atoms with Crippen LogP contribution in [0.15, 0.2) is 36.5 Å². The van der Waals surface area contributed by atoms with E-state index in [4.69, 9.17) is 11.6 Å². The Morgan fingerprint density at radius 2 is 1.69 bits per heavy atom. The largest absolute Gasteiger partial charge is 0.355 e. The number of halogens is 1. The van der Waals surface area contributed by atoms with Gasteiger partial charge in [0.25, 0.3) is 5.91 Å². The highest BCUT2D eigenvalue weighted by atomic mass is 35.5. The Labute approximate surface area is 157 Å². The summed E-state index contributed by atoms with van der Waals surface area (Å²) in [5.74, 6) is -0.0861. The molecule has 26 heavy (non-hydrogen) atoms. The number of nitrogens with zero attached hydrogens (tertiary/aromatic N) is 3. The van der Waals surface area contributed by atoms with Crippen LogP contribution in [0.4, 0.5) is 11.4 Å². The van der Waals surface area contributed by atoms with Gasteiger partial charge < -0.3 is 15.1 Å². The van der Waals surface area contributed by atoms with E-state index in [0.717, 1.165) is 16.9 Å². The minimum Gasteiger partial charge on any atom is -0.355 e. The highest BCUT2D eigenvalue weighted by Crippen LogP contribution is 2.23. The molecule has 0 bridgehead atoms. The van der Waals surface area contributed by atoms with Gasteiger partial charge in [0.05, 0.1) is 0 Å². The van der Waals surface area contributed by atoms with Crippen molar-refractivity contribution < 1.29 is 9.59 Å². The average Bonchev–Trinajstić information content (AvgIpc) is 2.64. The summed E-state index contributed by atoms with van der Waals surface area (Å²) in [6.07, 6.45) is 1.61. The van der Waals surface area contributed by atoms with Gasteiger partial charge in [-0.25, -0.2) is 0 Å². The molecule has 0 saturated carbocycles. The van der Waals surface area contributed by atoms with Gasteiger partial charge in [0, 0.05) is 55.7 Å². The minimum absolute atomic E-state index is 0.0400. The first-order valence-corrected chi connectivity index (χ1v) is 8.86. The third-order valence-electron chi connectivity index (χ3n) is 4.45. The monoisotopic (exact) mass is 372 g/mol. The van der Waals surface area contributed by atoms with Crippen molar-refractivity contribution in [1.29, 1.82) is 0 Å². The van der Waals surface area contributed by atoms with Gasteiger partial charge in [-0.15, -0.1) is 0 Å². The molecule has 0 aliphatic carbocycles. The number of carbonyl (C=O) groups is 2. The molecule has 1 aromatic carbocycles. The number of rotatable bonds is 3. The number of pyridine rings is 1. The molecule has 2 aromatic rings. The lowest BCUT2D eigenvalue weighted by molar-refractivity contribution is -0.130. The summed E-state index contributed by atoms with van der Waals surface area (Å²) < 4.78 is 0. The number of benzene rings is 1. The first-order chi connectivity index (χ1) is 12.4. The highest BCUT2D eigenvalue weighted by molar-refractivity contribution is 6.31. The van der Waals surface area contributed by atoms with Crippen LogP contribution >= 0.6 is 11.6 Å². The molecule has 1 aromatic heterocycles. The highest BCUT2D eigenvalue weighted by Gasteiger charge is 2.24. The molecule has 0 atom stereocenters. The Balaban J connectivity index is 1.69. The second-order valence-electron chi connectivity index (χ2n) is 6.32. The fourth-order valence-electron chi connectivity index (χ4n) is 2.85. The van der Waals surface area contributed by atoms with E-state index in [1.165, 1.54) is 0 Å². The van der Waals surface area contributed by atoms with E-state index >= 15 is 0 Å². The topological polar surface area (TPSA) is 65.5 Å². The van der Waals surface area contributed by atoms with Crippen molar-refractivity contribution in [2.75, 3.05) is 31.5 Å². The van der Waals surface area contributed by atoms with Gasteiger partial charge >= 0.3 is 0 Å². The first kappa shape index (κ1) is 18.2. The number of hydrogen-bond acceptors (Lipinski definition) is 4. The van der Waals surface area contributed by atoms with Crippen LogP contribution in [0.25, 0.3) is 0 Å². The molecule has 3 rings (SSSR count). The lowest BCUT2D eigenvalue weighted by atomic mass is 10.2. The Kier molecular flexibility index (Phi) is 5.42. The smallest absolute Gasteiger partial charge is 0.272 e. The number of hydrogen-bond donors (Lipinski definition) is 1. The summed E-state index contributed by atoms with van der Waals surface area (Å²) in [7, 11) is 0. The molecule has 0 radical (unpaired) electrons. The predicted molar refractivity (Wildman–Crippen MR) is 102 cm³/mol. The lowest BCUT2D eigenvalue weighted by Crippen LogP contribution is -2.50. The predicted octanol–water partition coefficient (Wildman–Crippen LogP) is 3.09. The molecular weight excluding hydrogens is 352 g/mol. The summed E-state index contributed by atoms with van der Waals surface area (Å²) in [6.45, 7) is 5.64. The minimum atomic E-state index is -0.126. The number of aryl methyl sites for hydroxylation is 1. The lowest BCUT2D eigenvalue weighted by Gasteiger charge is -2.34. The number of amides is 2. The van der Waals surface area contributed by atoms with Gasteiger partial charge in [-0.2, -0.15) is 0 Å². The number of anilines is 2. The molecule has 2 heterocycles. The standard InChI is InChI=1S/C19H21ClN4O2/c1-13-3-4-15(11-17(13)20)22-16-5-6-21-18(12-16)19(26)24-9-7-23(8-10-24)14(2)25/h3-6,11-12H,7-10H2,1-2H3,(H,21,22). The average molecular weight is 373 g/mol. The second kappa shape index (κ2) is 7.74. The zero-order valence-corrected chi connectivity index (χ0v) is 15.6. The van der Waals surface area contributed by atoms with Crippen LogP contribution in [-0.2, 0) is 4.79 Å². The molecule has 0 unspecified atom stereocenters. The van der Waals surface area contributed by atoms with Crippen LogP contribution in [0.2, 0.25) is 5.02 Å². The molecule has 1 N–H and O–H groups in total. The molecule has 136 valence electrons. The van der Waals surface area contributed by atoms with Gasteiger partial charge in [0.2, 0.25) is 5.91 Å². The molecule has 1 saturated heterocycles. The summed E-state index contributed by atoms with van der Waals surface area (Å²) >= 11 is 6.16. The van der Waals surface area contributed by atoms with Crippen molar-refractivity contribution in [3.63, 3.8) is 0 Å². The van der Waals surface area contributed by atoms with Crippen LogP contribution in [0.1, 0.15) is 23.0 Å². The van der Waals surface area contributed by atoms with Crippen LogP contribution in [0, 0.1) is 6.92 Å². The van der Waals surface area contributed by atoms with Gasteiger partial charge in [0.1, 0.15) is 5.69 Å². The molecule has 1 aliphatic rings. The molecular formula is C19H21ClN4O2. The third kappa shape index (κ3) is 4.14. The van der Waals surface area contributed by atoms with Crippen molar-refractivity contribution in [3.8, 4) is 0 Å². The molecule has 6 nitrogen and oxygen atoms in total. The Bertz CT molecular complexity index is 832. The van der Waals surface area contributed by atoms with E-state index in [2.05, 4.69) is 10.3 Å². The zero-order chi connectivity index (χ0) is 18.7. The van der Waals surface area contributed by atoms with Crippen LogP contribution in [0.5, 0.6) is 0 Å². The Morgan fingerprint density at radius 1 is 1.04 bits per heavy atom. The van der Waals surface area contributed by atoms with Crippen molar-refractivity contribution >= 4 is 34.8 Å². The number of nitrogens with one attached hydrogen (secondary N) is 1. The Hall–Kier alpha value is -2.60. The maximum atomic E-state index is 12.7. The quantitative estimate of drug-likeness (QED) is 0.899. The Morgan fingerprint density at radius 3 is 2.35 bits per heavy atom. The summed E-state index contributed by atoms with van der Waals surface area (Å²) in [5, 5.41) is 3.93. The molecule has 7 heteroatoms. The number of aromatic nitrogens is 1. The van der Waals surface area contributed by atoms with Gasteiger partial charge in [-0.1, -0.05) is 17.7 Å². The van der Waals surface area contributed by atoms with Crippen molar-refractivity contribution in [3.05, 3.63) is 52.8 Å². The summed E-state index contributed by atoms with van der Waals surface area (Å²) in [5.41, 5.74) is 3.00. The SMILES string of the molecule is CC(=O)N1CCN(C(=O)c2cc(Nc3ccc(C)c(Cl)c3)ccn2)CC1. The van der Waals surface area contributed by atoms with E-state index in [-0.39, 0.29) is 11.8 Å². The third-order valence-corrected chi connectivity index (χ3v) is 4.86. The molecule has 2 amide bonds. The summed E-state index contributed by atoms with van der Waals surface area (Å²) in [6, 6.07) is 9.25. The van der Waals surface area contributed by atoms with Crippen molar-refractivity contribution in [1.82, 2.24) is 14.8 Å². The molecule has 1 aliphatic heterocycles. The first-order valence-electron chi connectivity index (χ1n) is 8.48. The number of piperazine rings is 1. The van der Waals surface area contributed by atoms with Gasteiger partial charge in [-0.05, 0) is 36.8 Å². The van der Waals surface area contributed by atoms with Gasteiger partial charge in [-0.3, -0.25) is 14.6 Å². The maximum Gasteiger partial charge on any atom is 0.272 e. The van der Waals surface area contributed by atoms with Crippen molar-refractivity contribution in [2.45, 2.75) is 13.8 Å². The second-order valence-corrected chi connectivity index (χ2v) is 6.72. The fraction of sp³-hybridized carbons (Fsp3) is 0.316. The van der Waals surface area contributed by atoms with E-state index in [1.54, 1.807) is 35.1 Å². The van der Waals surface area contributed by atoms with E-state index in [1.807, 2.05) is 25.1 Å². The van der Waals surface area contributed by atoms with E-state index < -0.39 is 0 Å². The normalized spacial score (nSPS) is 14.3. The van der Waals surface area contributed by atoms with Crippen LogP contribution < -0.4 is 5.32 Å².